The summed E-state index contributed by atoms with van der Waals surface area (Å²) in [6.07, 6.45) is 0. The minimum Gasteiger partial charge on any atom is -0.348 e. The lowest BCUT2D eigenvalue weighted by molar-refractivity contribution is 0.0950. The first kappa shape index (κ1) is 14.3. The predicted molar refractivity (Wildman–Crippen MR) is 83.9 cm³/mol. The monoisotopic (exact) mass is 300 g/mol. The molecule has 6 heteroatoms. The van der Waals surface area contributed by atoms with Crippen LogP contribution < -0.4 is 21.7 Å². The van der Waals surface area contributed by atoms with Gasteiger partial charge in [-0.05, 0) is 43.2 Å². The van der Waals surface area contributed by atoms with Crippen molar-refractivity contribution in [1.82, 2.24) is 10.9 Å². The van der Waals surface area contributed by atoms with E-state index in [-0.39, 0.29) is 11.7 Å². The number of carbonyl (C=O) groups excluding carboxylic acids is 1. The first-order valence-electron chi connectivity index (χ1n) is 7.00. The van der Waals surface area contributed by atoms with Gasteiger partial charge in [0.25, 0.3) is 5.91 Å². The summed E-state index contributed by atoms with van der Waals surface area (Å²) in [5.41, 5.74) is 13.5. The Bertz CT molecular complexity index is 745. The average molecular weight is 300 g/mol. The van der Waals surface area contributed by atoms with Crippen molar-refractivity contribution in [3.63, 3.8) is 0 Å². The molecule has 0 saturated carbocycles. The summed E-state index contributed by atoms with van der Waals surface area (Å²) < 4.78 is 13.5. The van der Waals surface area contributed by atoms with E-state index in [1.807, 2.05) is 19.1 Å². The van der Waals surface area contributed by atoms with Crippen LogP contribution in [0.3, 0.4) is 0 Å². The largest absolute Gasteiger partial charge is 0.348 e. The summed E-state index contributed by atoms with van der Waals surface area (Å²) in [5, 5.41) is 2.83. The Morgan fingerprint density at radius 3 is 2.68 bits per heavy atom. The van der Waals surface area contributed by atoms with Crippen molar-refractivity contribution in [3.8, 4) is 0 Å². The van der Waals surface area contributed by atoms with Crippen molar-refractivity contribution in [1.29, 1.82) is 0 Å². The lowest BCUT2D eigenvalue weighted by atomic mass is 10.0. The topological polar surface area (TPSA) is 65.2 Å². The van der Waals surface area contributed by atoms with Crippen LogP contribution >= 0.6 is 0 Å². The van der Waals surface area contributed by atoms with Gasteiger partial charge in [-0.1, -0.05) is 12.1 Å². The summed E-state index contributed by atoms with van der Waals surface area (Å²) in [6, 6.07) is 8.42. The van der Waals surface area contributed by atoms with Gasteiger partial charge in [0.2, 0.25) is 0 Å². The molecule has 3 rings (SSSR count). The number of anilines is 2. The molecular formula is C16H17FN4O. The molecule has 1 heterocycles. The van der Waals surface area contributed by atoms with E-state index in [9.17, 15) is 9.18 Å². The van der Waals surface area contributed by atoms with Crippen LogP contribution in [0.4, 0.5) is 15.8 Å². The molecule has 1 aliphatic rings. The van der Waals surface area contributed by atoms with Crippen LogP contribution in [0.1, 0.15) is 27.0 Å². The van der Waals surface area contributed by atoms with Gasteiger partial charge in [-0.3, -0.25) is 4.79 Å². The fourth-order valence-electron chi connectivity index (χ4n) is 2.39. The third kappa shape index (κ3) is 2.60. The van der Waals surface area contributed by atoms with Gasteiger partial charge in [0.15, 0.2) is 0 Å². The molecule has 0 saturated heterocycles. The lowest BCUT2D eigenvalue weighted by Crippen LogP contribution is -2.24. The summed E-state index contributed by atoms with van der Waals surface area (Å²) in [5.74, 6) is -0.672. The van der Waals surface area contributed by atoms with E-state index in [0.717, 1.165) is 22.5 Å². The number of rotatable bonds is 3. The number of amides is 1. The van der Waals surface area contributed by atoms with E-state index in [1.54, 1.807) is 19.1 Å². The predicted octanol–water partition coefficient (Wildman–Crippen LogP) is 2.63. The lowest BCUT2D eigenvalue weighted by Gasteiger charge is -2.12. The summed E-state index contributed by atoms with van der Waals surface area (Å²) in [7, 11) is 0. The van der Waals surface area contributed by atoms with Gasteiger partial charge < -0.3 is 16.2 Å². The van der Waals surface area contributed by atoms with Gasteiger partial charge in [-0.25, -0.2) is 4.39 Å². The molecule has 5 nitrogen and oxygen atoms in total. The number of carbonyl (C=O) groups is 1. The quantitative estimate of drug-likeness (QED) is 0.703. The van der Waals surface area contributed by atoms with Crippen LogP contribution in [0.2, 0.25) is 0 Å². The highest BCUT2D eigenvalue weighted by atomic mass is 19.1. The number of hydrogen-bond acceptors (Lipinski definition) is 4. The standard InChI is InChI=1S/C16H17FN4O/c1-9-4-6-14-15(20-21-19-14)12(9)8-18-16(22)11-5-3-10(2)13(17)7-11/h3-7,19-21H,8H2,1-2H3,(H,18,22). The fraction of sp³-hybridized carbons (Fsp3) is 0.188. The second-order valence-corrected chi connectivity index (χ2v) is 5.31. The zero-order chi connectivity index (χ0) is 15.7. The number of fused-ring (bicyclic) bond motifs is 1. The molecule has 1 amide bonds. The molecule has 1 aliphatic heterocycles. The van der Waals surface area contributed by atoms with Crippen LogP contribution in [0, 0.1) is 19.7 Å². The van der Waals surface area contributed by atoms with Crippen molar-refractivity contribution in [2.75, 3.05) is 10.9 Å². The Morgan fingerprint density at radius 2 is 1.91 bits per heavy atom. The molecule has 4 N–H and O–H groups in total. The van der Waals surface area contributed by atoms with E-state index in [1.165, 1.54) is 6.07 Å². The Hall–Kier alpha value is -2.60. The van der Waals surface area contributed by atoms with Crippen LogP contribution in [0.25, 0.3) is 0 Å². The van der Waals surface area contributed by atoms with Crippen LogP contribution in [-0.2, 0) is 6.54 Å². The highest BCUT2D eigenvalue weighted by Gasteiger charge is 2.16. The van der Waals surface area contributed by atoms with Crippen molar-refractivity contribution in [3.05, 3.63) is 58.4 Å². The Labute approximate surface area is 127 Å². The number of halogens is 1. The first-order chi connectivity index (χ1) is 10.6. The third-order valence-corrected chi connectivity index (χ3v) is 3.79. The Kier molecular flexibility index (Phi) is 3.68. The molecule has 0 radical (unpaired) electrons. The molecule has 0 fully saturated rings. The number of hydrogen-bond donors (Lipinski definition) is 4. The molecule has 0 spiro atoms. The van der Waals surface area contributed by atoms with E-state index >= 15 is 0 Å². The highest BCUT2D eigenvalue weighted by molar-refractivity contribution is 5.94. The molecule has 0 aliphatic carbocycles. The van der Waals surface area contributed by atoms with Gasteiger partial charge in [0, 0.05) is 17.7 Å². The zero-order valence-electron chi connectivity index (χ0n) is 12.4. The van der Waals surface area contributed by atoms with Crippen molar-refractivity contribution in [2.45, 2.75) is 20.4 Å². The van der Waals surface area contributed by atoms with Gasteiger partial charge in [0.05, 0.1) is 11.4 Å². The Morgan fingerprint density at radius 1 is 1.14 bits per heavy atom. The van der Waals surface area contributed by atoms with E-state index in [4.69, 9.17) is 0 Å². The van der Waals surface area contributed by atoms with E-state index in [0.29, 0.717) is 17.7 Å². The first-order valence-corrected chi connectivity index (χ1v) is 7.00. The maximum Gasteiger partial charge on any atom is 0.251 e. The van der Waals surface area contributed by atoms with Crippen LogP contribution in [0.5, 0.6) is 0 Å². The second kappa shape index (κ2) is 5.65. The maximum atomic E-state index is 13.5. The molecular weight excluding hydrogens is 283 g/mol. The molecule has 0 atom stereocenters. The van der Waals surface area contributed by atoms with Crippen molar-refractivity contribution in [2.24, 2.45) is 0 Å². The van der Waals surface area contributed by atoms with Crippen molar-refractivity contribution < 1.29 is 9.18 Å². The third-order valence-electron chi connectivity index (χ3n) is 3.79. The molecule has 114 valence electrons. The number of aryl methyl sites for hydroxylation is 2. The van der Waals surface area contributed by atoms with Crippen molar-refractivity contribution >= 4 is 17.3 Å². The molecule has 0 aromatic heterocycles. The molecule has 22 heavy (non-hydrogen) atoms. The Balaban J connectivity index is 1.77. The van der Waals surface area contributed by atoms with Gasteiger partial charge >= 0.3 is 0 Å². The second-order valence-electron chi connectivity index (χ2n) is 5.31. The summed E-state index contributed by atoms with van der Waals surface area (Å²) in [6.45, 7) is 4.01. The fourth-order valence-corrected chi connectivity index (χ4v) is 2.39. The molecule has 2 aromatic carbocycles. The van der Waals surface area contributed by atoms with Gasteiger partial charge in [-0.15, -0.1) is 5.53 Å². The number of nitrogens with one attached hydrogen (secondary N) is 4. The van der Waals surface area contributed by atoms with Gasteiger partial charge in [-0.2, -0.15) is 0 Å². The SMILES string of the molecule is Cc1ccc(C(=O)NCc2c(C)ccc3c2NNN3)cc1F. The summed E-state index contributed by atoms with van der Waals surface area (Å²) in [4.78, 5) is 12.2. The minimum atomic E-state index is -0.375. The van der Waals surface area contributed by atoms with Crippen LogP contribution in [0.15, 0.2) is 30.3 Å². The normalized spacial score (nSPS) is 12.3. The van der Waals surface area contributed by atoms with Gasteiger partial charge in [0.1, 0.15) is 5.82 Å². The number of benzene rings is 2. The zero-order valence-corrected chi connectivity index (χ0v) is 12.4. The van der Waals surface area contributed by atoms with E-state index < -0.39 is 0 Å². The van der Waals surface area contributed by atoms with Crippen LogP contribution in [-0.4, -0.2) is 5.91 Å². The smallest absolute Gasteiger partial charge is 0.251 e. The molecule has 0 bridgehead atoms. The minimum absolute atomic E-state index is 0.296. The highest BCUT2D eigenvalue weighted by Crippen LogP contribution is 2.30. The summed E-state index contributed by atoms with van der Waals surface area (Å²) >= 11 is 0. The number of hydrazine groups is 2. The van der Waals surface area contributed by atoms with E-state index in [2.05, 4.69) is 21.7 Å². The molecule has 2 aromatic rings. The average Bonchev–Trinajstić information content (AvgIpc) is 2.97. The maximum absolute atomic E-state index is 13.5. The molecule has 0 unspecified atom stereocenters.